The molecule has 4 aromatic rings. The summed E-state index contributed by atoms with van der Waals surface area (Å²) in [6, 6.07) is 30.2. The van der Waals surface area contributed by atoms with Crippen molar-refractivity contribution in [3.63, 3.8) is 0 Å². The molecule has 0 bridgehead atoms. The van der Waals surface area contributed by atoms with Crippen molar-refractivity contribution in [1.82, 2.24) is 0 Å². The molecule has 0 heterocycles. The summed E-state index contributed by atoms with van der Waals surface area (Å²) < 4.78 is 5.94. The number of benzene rings is 4. The van der Waals surface area contributed by atoms with Gasteiger partial charge in [-0.3, -0.25) is 9.59 Å². The number of ether oxygens (including phenoxy) is 1. The van der Waals surface area contributed by atoms with Crippen molar-refractivity contribution in [1.29, 1.82) is 0 Å². The second-order valence-electron chi connectivity index (χ2n) is 10.8. The van der Waals surface area contributed by atoms with E-state index in [-0.39, 0.29) is 24.0 Å². The number of carbonyl (C=O) groups excluding carboxylic acids is 2. The molecule has 0 aliphatic rings. The van der Waals surface area contributed by atoms with Crippen LogP contribution in [0, 0.1) is 12.8 Å². The lowest BCUT2D eigenvalue weighted by Crippen LogP contribution is -2.35. The summed E-state index contributed by atoms with van der Waals surface area (Å²) in [7, 11) is 0. The van der Waals surface area contributed by atoms with Crippen molar-refractivity contribution < 1.29 is 24.2 Å². The Hall–Kier alpha value is -4.91. The highest BCUT2D eigenvalue weighted by Crippen LogP contribution is 2.23. The lowest BCUT2D eigenvalue weighted by molar-refractivity contribution is -0.137. The van der Waals surface area contributed by atoms with Gasteiger partial charge in [0.25, 0.3) is 0 Å². The van der Waals surface area contributed by atoms with E-state index in [0.717, 1.165) is 16.8 Å². The molecule has 1 unspecified atom stereocenters. The first-order valence-electron chi connectivity index (χ1n) is 14.5. The Morgan fingerprint density at radius 2 is 1.56 bits per heavy atom. The molecule has 0 spiro atoms. The minimum absolute atomic E-state index is 0.0728. The Kier molecular flexibility index (Phi) is 10.7. The number of aliphatic carboxylic acids is 1. The van der Waals surface area contributed by atoms with Crippen LogP contribution in [-0.4, -0.2) is 42.0 Å². The highest BCUT2D eigenvalue weighted by atomic mass is 16.5. The summed E-state index contributed by atoms with van der Waals surface area (Å²) in [5, 5.41) is 13.0. The van der Waals surface area contributed by atoms with E-state index < -0.39 is 12.0 Å². The zero-order chi connectivity index (χ0) is 30.8. The molecule has 0 saturated carbocycles. The van der Waals surface area contributed by atoms with E-state index in [2.05, 4.69) is 5.32 Å². The molecule has 1 atom stereocenters. The van der Waals surface area contributed by atoms with Gasteiger partial charge in [-0.15, -0.1) is 0 Å². The van der Waals surface area contributed by atoms with Crippen LogP contribution in [0.25, 0.3) is 0 Å². The van der Waals surface area contributed by atoms with Gasteiger partial charge in [0, 0.05) is 41.4 Å². The van der Waals surface area contributed by atoms with Gasteiger partial charge in [0.05, 0.1) is 6.61 Å². The van der Waals surface area contributed by atoms with Crippen LogP contribution in [0.1, 0.15) is 47.3 Å². The van der Waals surface area contributed by atoms with E-state index in [1.165, 1.54) is 0 Å². The number of carboxylic acid groups (broad SMARTS) is 1. The number of nitrogens with one attached hydrogen (secondary N) is 1. The predicted molar refractivity (Wildman–Crippen MR) is 170 cm³/mol. The van der Waals surface area contributed by atoms with Gasteiger partial charge in [-0.2, -0.15) is 0 Å². The van der Waals surface area contributed by atoms with Crippen molar-refractivity contribution in [2.24, 2.45) is 5.92 Å². The highest BCUT2D eigenvalue weighted by Gasteiger charge is 2.22. The zero-order valence-electron chi connectivity index (χ0n) is 24.8. The number of ketones is 1. The molecule has 4 rings (SSSR count). The number of hydrogen-bond donors (Lipinski definition) is 2. The SMILES string of the molecule is Cc1cccc(N(CCCOc2ccc(CC(Nc3ccccc3C(=O)c3ccccc3)C(=O)O)cc2)C(=O)C(C)C)c1. The van der Waals surface area contributed by atoms with Crippen LogP contribution in [-0.2, 0) is 16.0 Å². The van der Waals surface area contributed by atoms with Gasteiger partial charge in [-0.1, -0.05) is 80.6 Å². The predicted octanol–water partition coefficient (Wildman–Crippen LogP) is 6.79. The molecule has 7 heteroatoms. The molecule has 43 heavy (non-hydrogen) atoms. The van der Waals surface area contributed by atoms with Crippen molar-refractivity contribution >= 4 is 29.0 Å². The van der Waals surface area contributed by atoms with E-state index in [4.69, 9.17) is 4.74 Å². The van der Waals surface area contributed by atoms with E-state index in [1.807, 2.05) is 80.3 Å². The second kappa shape index (κ2) is 14.8. The molecule has 7 nitrogen and oxygen atoms in total. The van der Waals surface area contributed by atoms with Gasteiger partial charge < -0.3 is 20.1 Å². The van der Waals surface area contributed by atoms with Crippen LogP contribution in [0.2, 0.25) is 0 Å². The number of nitrogens with zero attached hydrogens (tertiary/aromatic N) is 1. The van der Waals surface area contributed by atoms with Crippen LogP contribution in [0.5, 0.6) is 5.75 Å². The average molecular weight is 579 g/mol. The van der Waals surface area contributed by atoms with E-state index in [9.17, 15) is 19.5 Å². The van der Waals surface area contributed by atoms with Crippen LogP contribution >= 0.6 is 0 Å². The standard InChI is InChI=1S/C36H38N2O5/c1-25(2)35(40)38(29-14-9-11-26(3)23-29)21-10-22-43-30-19-17-27(18-20-30)24-33(36(41)42)37-32-16-8-7-15-31(32)34(39)28-12-5-4-6-13-28/h4-9,11-20,23,25,33,37H,10,21-22,24H2,1-3H3,(H,41,42). The molecule has 0 saturated heterocycles. The number of anilines is 2. The third kappa shape index (κ3) is 8.55. The highest BCUT2D eigenvalue weighted by molar-refractivity contribution is 6.12. The molecule has 0 aliphatic carbocycles. The first kappa shape index (κ1) is 31.0. The molecule has 1 amide bonds. The molecule has 4 aromatic carbocycles. The number of carbonyl (C=O) groups is 3. The van der Waals surface area contributed by atoms with Gasteiger partial charge in [0.1, 0.15) is 11.8 Å². The molecule has 0 fully saturated rings. The largest absolute Gasteiger partial charge is 0.494 e. The summed E-state index contributed by atoms with van der Waals surface area (Å²) in [6.45, 7) is 6.78. The Morgan fingerprint density at radius 3 is 2.23 bits per heavy atom. The van der Waals surface area contributed by atoms with Crippen LogP contribution in [0.4, 0.5) is 11.4 Å². The summed E-state index contributed by atoms with van der Waals surface area (Å²) in [5.74, 6) is -0.569. The maximum absolute atomic E-state index is 13.1. The molecule has 222 valence electrons. The van der Waals surface area contributed by atoms with Gasteiger partial charge in [-0.05, 0) is 60.9 Å². The van der Waals surface area contributed by atoms with Crippen LogP contribution in [0.15, 0.2) is 103 Å². The van der Waals surface area contributed by atoms with E-state index in [0.29, 0.717) is 42.1 Å². The Labute approximate surface area is 253 Å². The molecule has 0 aliphatic heterocycles. The summed E-state index contributed by atoms with van der Waals surface area (Å²) >= 11 is 0. The third-order valence-corrected chi connectivity index (χ3v) is 7.07. The minimum Gasteiger partial charge on any atom is -0.494 e. The topological polar surface area (TPSA) is 95.9 Å². The monoisotopic (exact) mass is 578 g/mol. The number of carboxylic acids is 1. The fourth-order valence-corrected chi connectivity index (χ4v) is 4.78. The van der Waals surface area contributed by atoms with Gasteiger partial charge in [0.15, 0.2) is 5.78 Å². The third-order valence-electron chi connectivity index (χ3n) is 7.07. The average Bonchev–Trinajstić information content (AvgIpc) is 3.01. The maximum Gasteiger partial charge on any atom is 0.326 e. The van der Waals surface area contributed by atoms with Crippen molar-refractivity contribution in [3.05, 3.63) is 125 Å². The first-order chi connectivity index (χ1) is 20.7. The number of aryl methyl sites for hydroxylation is 1. The normalized spacial score (nSPS) is 11.5. The fraction of sp³-hybridized carbons (Fsp3) is 0.250. The van der Waals surface area contributed by atoms with Crippen LogP contribution < -0.4 is 15.0 Å². The Morgan fingerprint density at radius 1 is 0.860 bits per heavy atom. The Bertz CT molecular complexity index is 1530. The van der Waals surface area contributed by atoms with Gasteiger partial charge in [-0.25, -0.2) is 4.79 Å². The molecule has 0 aromatic heterocycles. The smallest absolute Gasteiger partial charge is 0.326 e. The number of para-hydroxylation sites is 1. The second-order valence-corrected chi connectivity index (χ2v) is 10.8. The lowest BCUT2D eigenvalue weighted by atomic mass is 10.00. The van der Waals surface area contributed by atoms with Crippen molar-refractivity contribution in [3.8, 4) is 5.75 Å². The number of amides is 1. The molecule has 2 N–H and O–H groups in total. The first-order valence-corrected chi connectivity index (χ1v) is 14.5. The molecular formula is C36H38N2O5. The van der Waals surface area contributed by atoms with Gasteiger partial charge >= 0.3 is 5.97 Å². The van der Waals surface area contributed by atoms with Crippen LogP contribution in [0.3, 0.4) is 0 Å². The van der Waals surface area contributed by atoms with Gasteiger partial charge in [0.2, 0.25) is 5.91 Å². The van der Waals surface area contributed by atoms with E-state index >= 15 is 0 Å². The quantitative estimate of drug-likeness (QED) is 0.126. The fourth-order valence-electron chi connectivity index (χ4n) is 4.78. The Balaban J connectivity index is 1.35. The molecular weight excluding hydrogens is 540 g/mol. The van der Waals surface area contributed by atoms with Crippen molar-refractivity contribution in [2.45, 2.75) is 39.7 Å². The maximum atomic E-state index is 13.1. The van der Waals surface area contributed by atoms with E-state index in [1.54, 1.807) is 48.5 Å². The molecule has 0 radical (unpaired) electrons. The lowest BCUT2D eigenvalue weighted by Gasteiger charge is -2.25. The summed E-state index contributed by atoms with van der Waals surface area (Å²) in [4.78, 5) is 39.9. The summed E-state index contributed by atoms with van der Waals surface area (Å²) in [5.41, 5.74) is 4.22. The zero-order valence-corrected chi connectivity index (χ0v) is 24.8. The number of hydrogen-bond acceptors (Lipinski definition) is 5. The number of rotatable bonds is 14. The summed E-state index contributed by atoms with van der Waals surface area (Å²) in [6.07, 6.45) is 0.868. The minimum atomic E-state index is -1.02. The van der Waals surface area contributed by atoms with Crippen molar-refractivity contribution in [2.75, 3.05) is 23.4 Å².